The van der Waals surface area contributed by atoms with Crippen LogP contribution in [-0.2, 0) is 17.8 Å². The number of fused-ring (bicyclic) bond motifs is 1. The van der Waals surface area contributed by atoms with Gasteiger partial charge in [-0.3, -0.25) is 9.69 Å². The number of ether oxygens (including phenoxy) is 2. The molecule has 1 N–H and O–H groups in total. The molecule has 176 valence electrons. The maximum Gasteiger partial charge on any atom is 0.387 e. The molecule has 0 amide bonds. The number of imidazole rings is 1. The fourth-order valence-corrected chi connectivity index (χ4v) is 4.21. The Balaban J connectivity index is 1.58. The second kappa shape index (κ2) is 9.74. The molecule has 0 atom stereocenters. The van der Waals surface area contributed by atoms with Gasteiger partial charge in [-0.05, 0) is 35.4 Å². The Morgan fingerprint density at radius 3 is 2.59 bits per heavy atom. The van der Waals surface area contributed by atoms with Crippen molar-refractivity contribution in [3.8, 4) is 16.9 Å². The van der Waals surface area contributed by atoms with Crippen LogP contribution >= 0.6 is 0 Å². The van der Waals surface area contributed by atoms with E-state index in [4.69, 9.17) is 14.5 Å². The van der Waals surface area contributed by atoms with Gasteiger partial charge in [-0.1, -0.05) is 24.3 Å². The highest BCUT2D eigenvalue weighted by molar-refractivity contribution is 5.82. The second-order valence-corrected chi connectivity index (χ2v) is 8.13. The van der Waals surface area contributed by atoms with Gasteiger partial charge >= 0.3 is 6.61 Å². The fourth-order valence-electron chi connectivity index (χ4n) is 4.21. The molecule has 7 nitrogen and oxygen atoms in total. The lowest BCUT2D eigenvalue weighted by molar-refractivity contribution is -0.0504. The van der Waals surface area contributed by atoms with E-state index >= 15 is 0 Å². The number of aromatic nitrogens is 3. The van der Waals surface area contributed by atoms with Crippen molar-refractivity contribution in [2.75, 3.05) is 26.3 Å². The summed E-state index contributed by atoms with van der Waals surface area (Å²) in [6.07, 6.45) is 1.67. The zero-order chi connectivity index (χ0) is 23.5. The number of pyridine rings is 1. The van der Waals surface area contributed by atoms with Gasteiger partial charge in [0.15, 0.2) is 0 Å². The molecule has 34 heavy (non-hydrogen) atoms. The Morgan fingerprint density at radius 2 is 1.82 bits per heavy atom. The SMILES string of the molecule is O=c1ccc(-c2ccc3nc(CN4CCOCC4)n(Cc4ccccc4OC(F)F)c3c2)c[nH]1. The number of para-hydroxylation sites is 1. The molecule has 0 radical (unpaired) electrons. The Labute approximate surface area is 194 Å². The van der Waals surface area contributed by atoms with Gasteiger partial charge in [0, 0.05) is 30.9 Å². The van der Waals surface area contributed by atoms with Crippen molar-refractivity contribution >= 4 is 11.0 Å². The summed E-state index contributed by atoms with van der Waals surface area (Å²) in [5.74, 6) is 0.982. The topological polar surface area (TPSA) is 72.4 Å². The highest BCUT2D eigenvalue weighted by Crippen LogP contribution is 2.28. The average molecular weight is 466 g/mol. The maximum absolute atomic E-state index is 13.0. The summed E-state index contributed by atoms with van der Waals surface area (Å²) < 4.78 is 38.3. The summed E-state index contributed by atoms with van der Waals surface area (Å²) in [7, 11) is 0. The monoisotopic (exact) mass is 466 g/mol. The quantitative estimate of drug-likeness (QED) is 0.448. The first-order valence-electron chi connectivity index (χ1n) is 11.1. The highest BCUT2D eigenvalue weighted by atomic mass is 19.3. The van der Waals surface area contributed by atoms with Crippen LogP contribution in [0.1, 0.15) is 11.4 Å². The molecule has 0 unspecified atom stereocenters. The minimum atomic E-state index is -2.90. The average Bonchev–Trinajstić information content (AvgIpc) is 3.17. The highest BCUT2D eigenvalue weighted by Gasteiger charge is 2.19. The van der Waals surface area contributed by atoms with Crippen LogP contribution in [0.3, 0.4) is 0 Å². The summed E-state index contributed by atoms with van der Waals surface area (Å²) in [4.78, 5) is 21.3. The van der Waals surface area contributed by atoms with Crippen molar-refractivity contribution < 1.29 is 18.3 Å². The molecule has 1 aliphatic heterocycles. The molecule has 0 saturated carbocycles. The van der Waals surface area contributed by atoms with E-state index in [-0.39, 0.29) is 11.3 Å². The van der Waals surface area contributed by atoms with E-state index in [0.717, 1.165) is 41.1 Å². The predicted molar refractivity (Wildman–Crippen MR) is 124 cm³/mol. The van der Waals surface area contributed by atoms with Gasteiger partial charge in [0.2, 0.25) is 5.56 Å². The van der Waals surface area contributed by atoms with Crippen LogP contribution in [0.5, 0.6) is 5.75 Å². The molecule has 9 heteroatoms. The van der Waals surface area contributed by atoms with Crippen LogP contribution in [0, 0.1) is 0 Å². The number of morpholine rings is 1. The van der Waals surface area contributed by atoms with Crippen molar-refractivity contribution in [1.82, 2.24) is 19.4 Å². The molecule has 2 aromatic carbocycles. The molecular formula is C25H24F2N4O3. The van der Waals surface area contributed by atoms with Crippen molar-refractivity contribution in [3.63, 3.8) is 0 Å². The Morgan fingerprint density at radius 1 is 1.03 bits per heavy atom. The first kappa shape index (κ1) is 22.2. The number of hydrogen-bond acceptors (Lipinski definition) is 5. The van der Waals surface area contributed by atoms with Gasteiger partial charge < -0.3 is 19.0 Å². The van der Waals surface area contributed by atoms with Crippen LogP contribution in [0.15, 0.2) is 65.6 Å². The lowest BCUT2D eigenvalue weighted by Gasteiger charge is -2.26. The predicted octanol–water partition coefficient (Wildman–Crippen LogP) is 3.87. The normalized spacial score (nSPS) is 14.7. The van der Waals surface area contributed by atoms with Gasteiger partial charge in [0.25, 0.3) is 0 Å². The van der Waals surface area contributed by atoms with E-state index in [1.807, 2.05) is 22.8 Å². The molecule has 1 aliphatic rings. The number of rotatable bonds is 7. The van der Waals surface area contributed by atoms with E-state index in [1.54, 1.807) is 36.5 Å². The summed E-state index contributed by atoms with van der Waals surface area (Å²) in [6, 6.07) is 16.0. The smallest absolute Gasteiger partial charge is 0.387 e. The summed E-state index contributed by atoms with van der Waals surface area (Å²) in [6.45, 7) is 0.982. The van der Waals surface area contributed by atoms with Crippen molar-refractivity contribution in [2.45, 2.75) is 19.7 Å². The number of hydrogen-bond donors (Lipinski definition) is 1. The van der Waals surface area contributed by atoms with Crippen molar-refractivity contribution in [1.29, 1.82) is 0 Å². The number of alkyl halides is 2. The van der Waals surface area contributed by atoms with Crippen LogP contribution < -0.4 is 10.3 Å². The van der Waals surface area contributed by atoms with Crippen molar-refractivity contribution in [3.05, 3.63) is 82.5 Å². The van der Waals surface area contributed by atoms with Gasteiger partial charge in [-0.25, -0.2) is 4.98 Å². The molecule has 0 aliphatic carbocycles. The molecule has 0 bridgehead atoms. The maximum atomic E-state index is 13.0. The molecule has 0 spiro atoms. The van der Waals surface area contributed by atoms with Gasteiger partial charge in [-0.15, -0.1) is 0 Å². The third kappa shape index (κ3) is 4.85. The first-order valence-corrected chi connectivity index (χ1v) is 11.1. The number of H-pyrrole nitrogens is 1. The largest absolute Gasteiger partial charge is 0.434 e. The Bertz CT molecular complexity index is 1330. The number of benzene rings is 2. The lowest BCUT2D eigenvalue weighted by atomic mass is 10.1. The molecule has 3 heterocycles. The summed E-state index contributed by atoms with van der Waals surface area (Å²) >= 11 is 0. The van der Waals surface area contributed by atoms with E-state index in [2.05, 4.69) is 9.88 Å². The van der Waals surface area contributed by atoms with Gasteiger partial charge in [-0.2, -0.15) is 8.78 Å². The Kier molecular flexibility index (Phi) is 6.37. The van der Waals surface area contributed by atoms with Gasteiger partial charge in [0.05, 0.1) is 37.3 Å². The molecule has 1 saturated heterocycles. The van der Waals surface area contributed by atoms with Crippen LogP contribution in [0.4, 0.5) is 8.78 Å². The van der Waals surface area contributed by atoms with Crippen LogP contribution in [0.2, 0.25) is 0 Å². The standard InChI is InChI=1S/C25H24F2N4O3/c26-25(27)34-22-4-2-1-3-19(22)15-31-21-13-17(18-6-8-24(32)28-14-18)5-7-20(21)29-23(31)16-30-9-11-33-12-10-30/h1-8,13-14,25H,9-12,15-16H2,(H,28,32). The molecular weight excluding hydrogens is 442 g/mol. The Hall–Kier alpha value is -3.56. The van der Waals surface area contributed by atoms with Gasteiger partial charge in [0.1, 0.15) is 11.6 Å². The fraction of sp³-hybridized carbons (Fsp3) is 0.280. The number of halogens is 2. The number of aromatic amines is 1. The van der Waals surface area contributed by atoms with E-state index < -0.39 is 6.61 Å². The third-order valence-corrected chi connectivity index (χ3v) is 5.93. The van der Waals surface area contributed by atoms with E-state index in [0.29, 0.717) is 31.9 Å². The molecule has 5 rings (SSSR count). The summed E-state index contributed by atoms with van der Waals surface area (Å²) in [5.41, 5.74) is 3.94. The van der Waals surface area contributed by atoms with E-state index in [1.165, 1.54) is 6.07 Å². The molecule has 4 aromatic rings. The molecule has 2 aromatic heterocycles. The zero-order valence-corrected chi connectivity index (χ0v) is 18.4. The minimum absolute atomic E-state index is 0.147. The van der Waals surface area contributed by atoms with Crippen LogP contribution in [0.25, 0.3) is 22.2 Å². The lowest BCUT2D eigenvalue weighted by Crippen LogP contribution is -2.36. The minimum Gasteiger partial charge on any atom is -0.434 e. The van der Waals surface area contributed by atoms with E-state index in [9.17, 15) is 13.6 Å². The zero-order valence-electron chi connectivity index (χ0n) is 18.4. The third-order valence-electron chi connectivity index (χ3n) is 5.93. The van der Waals surface area contributed by atoms with Crippen LogP contribution in [-0.4, -0.2) is 52.3 Å². The number of nitrogens with zero attached hydrogens (tertiary/aromatic N) is 3. The van der Waals surface area contributed by atoms with Crippen molar-refractivity contribution in [2.24, 2.45) is 0 Å². The first-order chi connectivity index (χ1) is 16.6. The number of nitrogens with one attached hydrogen (secondary N) is 1. The summed E-state index contributed by atoms with van der Waals surface area (Å²) in [5, 5.41) is 0. The second-order valence-electron chi connectivity index (χ2n) is 8.13. The molecule has 1 fully saturated rings.